The van der Waals surface area contributed by atoms with E-state index in [9.17, 15) is 35.3 Å². The highest BCUT2D eigenvalue weighted by Crippen LogP contribution is 2.36. The molecule has 0 heterocycles. The molecule has 0 aromatic heterocycles. The molecule has 11 heteroatoms. The van der Waals surface area contributed by atoms with Gasteiger partial charge in [-0.3, -0.25) is 4.79 Å². The van der Waals surface area contributed by atoms with Crippen molar-refractivity contribution in [1.82, 2.24) is 0 Å². The van der Waals surface area contributed by atoms with Crippen LogP contribution in [0.5, 0.6) is 0 Å². The number of hydrogen-bond acceptors (Lipinski definition) is 2. The molecule has 4 aromatic carbocycles. The van der Waals surface area contributed by atoms with Gasteiger partial charge in [0, 0.05) is 18.5 Å². The first-order valence-electron chi connectivity index (χ1n) is 12.1. The van der Waals surface area contributed by atoms with E-state index in [0.29, 0.717) is 28.3 Å². The summed E-state index contributed by atoms with van der Waals surface area (Å²) in [5, 5.41) is 0. The number of aryl methyl sites for hydroxylation is 1. The zero-order valence-corrected chi connectivity index (χ0v) is 22.2. The Morgan fingerprint density at radius 1 is 0.707 bits per heavy atom. The molecule has 4 aromatic rings. The van der Waals surface area contributed by atoms with Crippen molar-refractivity contribution in [2.45, 2.75) is 36.5 Å². The maximum atomic E-state index is 13.1. The summed E-state index contributed by atoms with van der Waals surface area (Å²) < 4.78 is 94.4. The topological polar surface area (TPSA) is 77.7 Å². The predicted octanol–water partition coefficient (Wildman–Crippen LogP) is 7.45. The summed E-state index contributed by atoms with van der Waals surface area (Å²) in [7, 11) is -1.58. The van der Waals surface area contributed by atoms with E-state index in [2.05, 4.69) is 4.72 Å². The standard InChI is InChI=1S/C30H23F6NO2S.H2O/c31-29(32,33)23-16-21(17-24(19-23)30(34,35)36)12-15-26(38)18-20-10-13-25(14-11-20)37-40(39)28-9-5-4-8-27(28)22-6-2-1-3-7-22;/h1-11,13-14,16-17,19,37H,12,15,18H2;1H2. The average Bonchev–Trinajstić information content (AvgIpc) is 2.92. The van der Waals surface area contributed by atoms with E-state index < -0.39 is 34.5 Å². The van der Waals surface area contributed by atoms with Crippen molar-refractivity contribution in [1.29, 1.82) is 0 Å². The molecule has 0 aliphatic rings. The van der Waals surface area contributed by atoms with Crippen molar-refractivity contribution < 1.29 is 40.8 Å². The van der Waals surface area contributed by atoms with Gasteiger partial charge in [0.15, 0.2) is 11.0 Å². The Kier molecular flexibility index (Phi) is 10.1. The highest BCUT2D eigenvalue weighted by Gasteiger charge is 2.36. The number of halogens is 6. The molecule has 216 valence electrons. The summed E-state index contributed by atoms with van der Waals surface area (Å²) >= 11 is 0. The van der Waals surface area contributed by atoms with Crippen LogP contribution in [-0.2, 0) is 41.0 Å². The molecule has 3 N–H and O–H groups in total. The van der Waals surface area contributed by atoms with Crippen LogP contribution in [0, 0.1) is 0 Å². The molecular weight excluding hydrogens is 568 g/mol. The molecule has 0 spiro atoms. The largest absolute Gasteiger partial charge is 0.416 e. The lowest BCUT2D eigenvalue weighted by molar-refractivity contribution is -0.143. The first-order valence-corrected chi connectivity index (χ1v) is 13.3. The Balaban J connectivity index is 0.00000462. The van der Waals surface area contributed by atoms with Crippen LogP contribution in [0.25, 0.3) is 11.1 Å². The number of ketones is 1. The van der Waals surface area contributed by atoms with Gasteiger partial charge in [-0.25, -0.2) is 4.21 Å². The van der Waals surface area contributed by atoms with Gasteiger partial charge in [-0.15, -0.1) is 0 Å². The number of benzene rings is 4. The maximum Gasteiger partial charge on any atom is 0.416 e. The van der Waals surface area contributed by atoms with Crippen LogP contribution < -0.4 is 4.72 Å². The van der Waals surface area contributed by atoms with E-state index in [4.69, 9.17) is 0 Å². The zero-order valence-electron chi connectivity index (χ0n) is 21.4. The van der Waals surface area contributed by atoms with Crippen LogP contribution in [-0.4, -0.2) is 15.5 Å². The number of rotatable bonds is 9. The third-order valence-corrected chi connectivity index (χ3v) is 7.25. The predicted molar refractivity (Wildman–Crippen MR) is 145 cm³/mol. The lowest BCUT2D eigenvalue weighted by Gasteiger charge is -2.14. The van der Waals surface area contributed by atoms with Crippen LogP contribution >= 0.6 is 0 Å². The Hall–Kier alpha value is -3.96. The summed E-state index contributed by atoms with van der Waals surface area (Å²) in [5.41, 5.74) is -0.144. The first-order chi connectivity index (χ1) is 18.9. The summed E-state index contributed by atoms with van der Waals surface area (Å²) in [6, 6.07) is 24.7. The van der Waals surface area contributed by atoms with E-state index in [1.165, 1.54) is 0 Å². The first kappa shape index (κ1) is 31.6. The van der Waals surface area contributed by atoms with Crippen molar-refractivity contribution >= 4 is 22.5 Å². The zero-order chi connectivity index (χ0) is 28.9. The van der Waals surface area contributed by atoms with Gasteiger partial charge in [0.2, 0.25) is 0 Å². The Labute approximate surface area is 234 Å². The van der Waals surface area contributed by atoms with Crippen molar-refractivity contribution in [3.63, 3.8) is 0 Å². The fourth-order valence-corrected chi connectivity index (χ4v) is 5.15. The van der Waals surface area contributed by atoms with E-state index >= 15 is 0 Å². The maximum absolute atomic E-state index is 13.1. The lowest BCUT2D eigenvalue weighted by atomic mass is 9.98. The molecule has 0 saturated heterocycles. The number of nitrogens with one attached hydrogen (secondary N) is 1. The number of anilines is 1. The smallest absolute Gasteiger partial charge is 0.412 e. The summed E-state index contributed by atoms with van der Waals surface area (Å²) in [4.78, 5) is 13.1. The number of hydrogen-bond donors (Lipinski definition) is 1. The fourth-order valence-electron chi connectivity index (χ4n) is 4.10. The molecule has 0 aliphatic carbocycles. The normalized spacial score (nSPS) is 12.3. The van der Waals surface area contributed by atoms with Crippen LogP contribution in [0.4, 0.5) is 32.0 Å². The minimum Gasteiger partial charge on any atom is -0.412 e. The van der Waals surface area contributed by atoms with Gasteiger partial charge in [-0.1, -0.05) is 60.7 Å². The molecule has 0 saturated carbocycles. The molecule has 1 unspecified atom stereocenters. The van der Waals surface area contributed by atoms with E-state index in [0.717, 1.165) is 11.1 Å². The SMILES string of the molecule is O.O=C(CCc1cc(C(F)(F)F)cc(C(F)(F)F)c1)Cc1ccc(NS(=O)c2ccccc2-c2ccccc2)cc1. The van der Waals surface area contributed by atoms with Gasteiger partial charge in [-0.05, 0) is 65.1 Å². The number of carbonyl (C=O) groups excluding carboxylic acids is 1. The number of carbonyl (C=O) groups is 1. The average molecular weight is 594 g/mol. The van der Waals surface area contributed by atoms with Gasteiger partial charge in [-0.2, -0.15) is 26.3 Å². The van der Waals surface area contributed by atoms with E-state index in [-0.39, 0.29) is 42.2 Å². The molecular formula is C30H25F6NO3S. The second-order valence-corrected chi connectivity index (χ2v) is 10.2. The highest BCUT2D eigenvalue weighted by molar-refractivity contribution is 7.86. The molecule has 0 radical (unpaired) electrons. The third-order valence-electron chi connectivity index (χ3n) is 6.08. The van der Waals surface area contributed by atoms with Gasteiger partial charge in [0.1, 0.15) is 5.78 Å². The van der Waals surface area contributed by atoms with Gasteiger partial charge >= 0.3 is 12.4 Å². The Morgan fingerprint density at radius 3 is 1.85 bits per heavy atom. The summed E-state index contributed by atoms with van der Waals surface area (Å²) in [6.07, 6.45) is -10.4. The quantitative estimate of drug-likeness (QED) is 0.205. The summed E-state index contributed by atoms with van der Waals surface area (Å²) in [6.45, 7) is 0. The van der Waals surface area contributed by atoms with Crippen molar-refractivity contribution in [3.8, 4) is 11.1 Å². The monoisotopic (exact) mass is 593 g/mol. The van der Waals surface area contributed by atoms with E-state index in [1.54, 1.807) is 36.4 Å². The highest BCUT2D eigenvalue weighted by atomic mass is 32.2. The fraction of sp³-hybridized carbons (Fsp3) is 0.167. The minimum absolute atomic E-state index is 0. The van der Waals surface area contributed by atoms with Crippen molar-refractivity contribution in [2.75, 3.05) is 4.72 Å². The number of Topliss-reactive ketones (excluding diaryl/α,β-unsaturated/α-hetero) is 1. The minimum atomic E-state index is -4.94. The Bertz CT molecular complexity index is 1470. The molecule has 0 aliphatic heterocycles. The molecule has 4 nitrogen and oxygen atoms in total. The second kappa shape index (κ2) is 13.1. The van der Waals surface area contributed by atoms with Crippen LogP contribution in [0.3, 0.4) is 0 Å². The van der Waals surface area contributed by atoms with Crippen LogP contribution in [0.1, 0.15) is 28.7 Å². The lowest BCUT2D eigenvalue weighted by Crippen LogP contribution is -2.12. The Morgan fingerprint density at radius 2 is 1.27 bits per heavy atom. The van der Waals surface area contributed by atoms with E-state index in [1.807, 2.05) is 42.5 Å². The molecule has 0 fully saturated rings. The molecule has 0 bridgehead atoms. The number of alkyl halides is 6. The van der Waals surface area contributed by atoms with Gasteiger partial charge in [0.25, 0.3) is 0 Å². The van der Waals surface area contributed by atoms with Gasteiger partial charge < -0.3 is 10.2 Å². The molecule has 1 atom stereocenters. The molecule has 0 amide bonds. The van der Waals surface area contributed by atoms with Crippen LogP contribution in [0.2, 0.25) is 0 Å². The molecule has 4 rings (SSSR count). The van der Waals surface area contributed by atoms with Crippen LogP contribution in [0.15, 0.2) is 102 Å². The van der Waals surface area contributed by atoms with Gasteiger partial charge in [0.05, 0.1) is 16.0 Å². The summed E-state index contributed by atoms with van der Waals surface area (Å²) in [5.74, 6) is -0.341. The van der Waals surface area contributed by atoms with Crippen molar-refractivity contribution in [3.05, 3.63) is 119 Å². The second-order valence-electron chi connectivity index (χ2n) is 9.06. The molecule has 41 heavy (non-hydrogen) atoms. The van der Waals surface area contributed by atoms with Crippen molar-refractivity contribution in [2.24, 2.45) is 0 Å². The third kappa shape index (κ3) is 8.51.